The number of hydrogen-bond acceptors (Lipinski definition) is 4. The second-order valence-corrected chi connectivity index (χ2v) is 13.0. The summed E-state index contributed by atoms with van der Waals surface area (Å²) in [5, 5.41) is 5.74. The number of hydrogen-bond donors (Lipinski definition) is 1. The van der Waals surface area contributed by atoms with Crippen molar-refractivity contribution < 1.29 is 4.42 Å². The largest absolute Gasteiger partial charge is 0.456 e. The lowest BCUT2D eigenvalue weighted by Crippen LogP contribution is -2.36. The molecule has 6 aromatic rings. The highest BCUT2D eigenvalue weighted by Gasteiger charge is 2.47. The first kappa shape index (κ1) is 26.9. The van der Waals surface area contributed by atoms with Crippen LogP contribution in [0.3, 0.4) is 0 Å². The normalized spacial score (nSPS) is 21.3. The number of fused-ring (bicyclic) bond motifs is 6. The van der Waals surface area contributed by atoms with Crippen molar-refractivity contribution >= 4 is 39.2 Å². The van der Waals surface area contributed by atoms with E-state index in [0.717, 1.165) is 50.3 Å². The van der Waals surface area contributed by atoms with Gasteiger partial charge in [-0.1, -0.05) is 135 Å². The van der Waals surface area contributed by atoms with Crippen molar-refractivity contribution in [3.63, 3.8) is 0 Å². The molecule has 5 aromatic carbocycles. The van der Waals surface area contributed by atoms with E-state index in [1.165, 1.54) is 22.3 Å². The van der Waals surface area contributed by atoms with Crippen LogP contribution in [0.1, 0.15) is 59.3 Å². The van der Waals surface area contributed by atoms with Gasteiger partial charge in [0.1, 0.15) is 22.8 Å². The molecule has 0 saturated carbocycles. The lowest BCUT2D eigenvalue weighted by atomic mass is 9.71. The molecule has 9 rings (SSSR count). The molecule has 222 valence electrons. The molecule has 3 atom stereocenters. The highest BCUT2D eigenvalue weighted by atomic mass is 16.3. The number of nitrogens with zero attached hydrogens (tertiary/aromatic N) is 2. The Morgan fingerprint density at radius 1 is 0.696 bits per heavy atom. The molecule has 4 nitrogen and oxygen atoms in total. The number of benzene rings is 5. The molecular formula is C42H33N3O. The van der Waals surface area contributed by atoms with Gasteiger partial charge in [0.15, 0.2) is 6.17 Å². The topological polar surface area (TPSA) is 49.9 Å². The van der Waals surface area contributed by atoms with Crippen molar-refractivity contribution in [2.75, 3.05) is 0 Å². The quantitative estimate of drug-likeness (QED) is 0.221. The third-order valence-corrected chi connectivity index (χ3v) is 10.1. The molecule has 1 aromatic heterocycles. The van der Waals surface area contributed by atoms with E-state index in [1.54, 1.807) is 0 Å². The standard InChI is InChI=1S/C42H33N3O/c1-42(2)33-20-10-9-17-30(33)37-29(18-11-21-34(37)42)28-23-24-35-32(25-28)38-31(19-12-22-36(38)46-35)41-44-39(26-13-5-3-6-14-26)43-40(45-41)27-15-7-4-8-16-27/h3-25,34,37,39H,1-2H3,(H,43,44,45). The summed E-state index contributed by atoms with van der Waals surface area (Å²) < 4.78 is 6.48. The van der Waals surface area contributed by atoms with Crippen LogP contribution in [0.4, 0.5) is 0 Å². The van der Waals surface area contributed by atoms with Gasteiger partial charge in [0.2, 0.25) is 0 Å². The van der Waals surface area contributed by atoms with Gasteiger partial charge in [-0.2, -0.15) is 0 Å². The van der Waals surface area contributed by atoms with Crippen LogP contribution < -0.4 is 5.32 Å². The molecule has 1 aliphatic heterocycles. The molecule has 46 heavy (non-hydrogen) atoms. The van der Waals surface area contributed by atoms with E-state index >= 15 is 0 Å². The highest BCUT2D eigenvalue weighted by molar-refractivity contribution is 6.23. The van der Waals surface area contributed by atoms with E-state index in [2.05, 4.69) is 116 Å². The summed E-state index contributed by atoms with van der Waals surface area (Å²) >= 11 is 0. The first-order chi connectivity index (χ1) is 22.6. The van der Waals surface area contributed by atoms with E-state index in [0.29, 0.717) is 11.8 Å². The third-order valence-electron chi connectivity index (χ3n) is 10.1. The van der Waals surface area contributed by atoms with Gasteiger partial charge in [0.05, 0.1) is 0 Å². The zero-order chi connectivity index (χ0) is 30.8. The maximum Gasteiger partial charge on any atom is 0.169 e. The molecule has 0 amide bonds. The Balaban J connectivity index is 1.19. The van der Waals surface area contributed by atoms with Gasteiger partial charge in [0, 0.05) is 27.8 Å². The van der Waals surface area contributed by atoms with Crippen molar-refractivity contribution in [2.24, 2.45) is 15.9 Å². The Kier molecular flexibility index (Phi) is 6.01. The number of furan rings is 1. The van der Waals surface area contributed by atoms with Crippen LogP contribution >= 0.6 is 0 Å². The molecular weight excluding hydrogens is 562 g/mol. The van der Waals surface area contributed by atoms with Gasteiger partial charge < -0.3 is 9.73 Å². The molecule has 1 N–H and O–H groups in total. The Morgan fingerprint density at radius 3 is 2.30 bits per heavy atom. The first-order valence-corrected chi connectivity index (χ1v) is 16.0. The van der Waals surface area contributed by atoms with Crippen LogP contribution in [0.25, 0.3) is 27.5 Å². The lowest BCUT2D eigenvalue weighted by molar-refractivity contribution is 0.399. The molecule has 0 spiro atoms. The second kappa shape index (κ2) is 10.3. The fourth-order valence-electron chi connectivity index (χ4n) is 7.82. The van der Waals surface area contributed by atoms with Gasteiger partial charge in [0.25, 0.3) is 0 Å². The van der Waals surface area contributed by atoms with Gasteiger partial charge in [-0.15, -0.1) is 0 Å². The van der Waals surface area contributed by atoms with Crippen LogP contribution in [0, 0.1) is 5.92 Å². The fraction of sp³-hybridized carbons (Fsp3) is 0.143. The number of amidine groups is 2. The SMILES string of the molecule is CC1(C)c2ccccc2C2C(c3ccc4oc5cccc(C6=NC(c7ccccc7)N=C(c7ccccc7)N6)c5c4c3)=CC=CC21. The summed E-state index contributed by atoms with van der Waals surface area (Å²) in [5.74, 6) is 2.31. The number of allylic oxidation sites excluding steroid dienone is 4. The number of aliphatic imine (C=N–C) groups is 2. The van der Waals surface area contributed by atoms with Gasteiger partial charge >= 0.3 is 0 Å². The Labute approximate surface area is 268 Å². The highest BCUT2D eigenvalue weighted by Crippen LogP contribution is 2.57. The fourth-order valence-corrected chi connectivity index (χ4v) is 7.82. The molecule has 2 aliphatic carbocycles. The third kappa shape index (κ3) is 4.13. The predicted molar refractivity (Wildman–Crippen MR) is 188 cm³/mol. The van der Waals surface area contributed by atoms with Gasteiger partial charge in [-0.25, -0.2) is 9.98 Å². The summed E-state index contributed by atoms with van der Waals surface area (Å²) in [5.41, 5.74) is 10.3. The van der Waals surface area contributed by atoms with Crippen LogP contribution in [-0.4, -0.2) is 11.7 Å². The average Bonchev–Trinajstić information content (AvgIpc) is 3.61. The van der Waals surface area contributed by atoms with E-state index in [1.807, 2.05) is 42.5 Å². The second-order valence-electron chi connectivity index (χ2n) is 13.0. The van der Waals surface area contributed by atoms with E-state index in [-0.39, 0.29) is 11.6 Å². The summed E-state index contributed by atoms with van der Waals surface area (Å²) in [4.78, 5) is 10.2. The predicted octanol–water partition coefficient (Wildman–Crippen LogP) is 9.73. The van der Waals surface area contributed by atoms with Crippen molar-refractivity contribution in [1.29, 1.82) is 0 Å². The van der Waals surface area contributed by atoms with Crippen molar-refractivity contribution in [3.05, 3.63) is 173 Å². The van der Waals surface area contributed by atoms with Crippen molar-refractivity contribution in [1.82, 2.24) is 5.32 Å². The van der Waals surface area contributed by atoms with E-state index in [4.69, 9.17) is 14.4 Å². The maximum atomic E-state index is 6.48. The minimum absolute atomic E-state index is 0.0645. The minimum atomic E-state index is -0.362. The van der Waals surface area contributed by atoms with E-state index < -0.39 is 0 Å². The Hall–Kier alpha value is -5.48. The zero-order valence-electron chi connectivity index (χ0n) is 25.8. The lowest BCUT2D eigenvalue weighted by Gasteiger charge is -2.32. The summed E-state index contributed by atoms with van der Waals surface area (Å²) in [6.45, 7) is 4.77. The van der Waals surface area contributed by atoms with Crippen LogP contribution in [-0.2, 0) is 5.41 Å². The summed E-state index contributed by atoms with van der Waals surface area (Å²) in [6.07, 6.45) is 6.60. The maximum absolute atomic E-state index is 6.48. The van der Waals surface area contributed by atoms with Crippen molar-refractivity contribution in [2.45, 2.75) is 31.3 Å². The van der Waals surface area contributed by atoms with Crippen molar-refractivity contribution in [3.8, 4) is 0 Å². The molecule has 0 saturated heterocycles. The Morgan fingerprint density at radius 2 is 1.46 bits per heavy atom. The zero-order valence-corrected chi connectivity index (χ0v) is 25.8. The summed E-state index contributed by atoms with van der Waals surface area (Å²) in [7, 11) is 0. The van der Waals surface area contributed by atoms with Gasteiger partial charge in [-0.05, 0) is 57.4 Å². The smallest absolute Gasteiger partial charge is 0.169 e. The molecule has 2 heterocycles. The molecule has 0 radical (unpaired) electrons. The first-order valence-electron chi connectivity index (χ1n) is 16.0. The molecule has 3 aliphatic rings. The van der Waals surface area contributed by atoms with Gasteiger partial charge in [-0.3, -0.25) is 0 Å². The average molecular weight is 596 g/mol. The van der Waals surface area contributed by atoms with Crippen LogP contribution in [0.2, 0.25) is 0 Å². The molecule has 4 heteroatoms. The number of nitrogens with one attached hydrogen (secondary N) is 1. The number of rotatable bonds is 4. The monoisotopic (exact) mass is 595 g/mol. The Bertz CT molecular complexity index is 2270. The van der Waals surface area contributed by atoms with E-state index in [9.17, 15) is 0 Å². The minimum Gasteiger partial charge on any atom is -0.456 e. The molecule has 0 bridgehead atoms. The van der Waals surface area contributed by atoms with Crippen LogP contribution in [0.15, 0.2) is 154 Å². The summed E-state index contributed by atoms with van der Waals surface area (Å²) in [6, 6.07) is 42.5. The van der Waals surface area contributed by atoms with Crippen LogP contribution in [0.5, 0.6) is 0 Å². The molecule has 3 unspecified atom stereocenters. The molecule has 0 fully saturated rings.